The molecule has 1 aromatic carbocycles. The van der Waals surface area contributed by atoms with Crippen LogP contribution in [0, 0.1) is 17.0 Å². The van der Waals surface area contributed by atoms with E-state index in [2.05, 4.69) is 11.9 Å². The van der Waals surface area contributed by atoms with E-state index in [-0.39, 0.29) is 10.6 Å². The number of non-ortho nitro benzene ring substituents is 1. The lowest BCUT2D eigenvalue weighted by molar-refractivity contribution is -0.880. The van der Waals surface area contributed by atoms with E-state index in [1.165, 1.54) is 0 Å². The first-order chi connectivity index (χ1) is 8.08. The number of nitrogens with one attached hydrogen (secondary N) is 1. The summed E-state index contributed by atoms with van der Waals surface area (Å²) in [6.07, 6.45) is 0. The quantitative estimate of drug-likeness (QED) is 0.591. The van der Waals surface area contributed by atoms with Crippen LogP contribution in [0.3, 0.4) is 0 Å². The molecule has 0 atom stereocenters. The number of quaternary nitrogens is 1. The molecule has 1 N–H and O–H groups in total. The Kier molecular flexibility index (Phi) is 3.28. The van der Waals surface area contributed by atoms with E-state index < -0.39 is 0 Å². The van der Waals surface area contributed by atoms with Gasteiger partial charge in [-0.15, -0.1) is 0 Å². The molecular formula is C12H18N3O2+. The molecule has 0 aliphatic carbocycles. The van der Waals surface area contributed by atoms with E-state index in [1.54, 1.807) is 17.0 Å². The standard InChI is InChI=1S/C12H17N3O2/c1-10-9-11(15(16)17)3-4-12(10)14-7-5-13(2)6-8-14/h3-4,9H,5-8H2,1-2H3/p+1. The third kappa shape index (κ3) is 2.55. The number of rotatable bonds is 2. The van der Waals surface area contributed by atoms with Crippen LogP contribution in [0.1, 0.15) is 5.56 Å². The number of hydrogen-bond donors (Lipinski definition) is 1. The van der Waals surface area contributed by atoms with Crippen molar-refractivity contribution in [3.05, 3.63) is 33.9 Å². The van der Waals surface area contributed by atoms with Crippen molar-refractivity contribution >= 4 is 11.4 Å². The summed E-state index contributed by atoms with van der Waals surface area (Å²) in [6.45, 7) is 6.22. The molecule has 0 aromatic heterocycles. The second-order valence-corrected chi connectivity index (χ2v) is 4.67. The fourth-order valence-electron chi connectivity index (χ4n) is 2.24. The molecule has 5 heteroatoms. The van der Waals surface area contributed by atoms with Gasteiger partial charge in [0.15, 0.2) is 0 Å². The lowest BCUT2D eigenvalue weighted by atomic mass is 10.1. The number of nitro benzene ring substituents is 1. The molecule has 0 radical (unpaired) electrons. The van der Waals surface area contributed by atoms with Crippen molar-refractivity contribution in [3.63, 3.8) is 0 Å². The van der Waals surface area contributed by atoms with Crippen molar-refractivity contribution in [2.45, 2.75) is 6.92 Å². The van der Waals surface area contributed by atoms with Gasteiger partial charge in [-0.1, -0.05) is 0 Å². The van der Waals surface area contributed by atoms with Crippen LogP contribution in [0.15, 0.2) is 18.2 Å². The Morgan fingerprint density at radius 2 is 2.00 bits per heavy atom. The molecule has 1 fully saturated rings. The van der Waals surface area contributed by atoms with Crippen LogP contribution >= 0.6 is 0 Å². The predicted molar refractivity (Wildman–Crippen MR) is 66.7 cm³/mol. The summed E-state index contributed by atoms with van der Waals surface area (Å²) < 4.78 is 0. The predicted octanol–water partition coefficient (Wildman–Crippen LogP) is 0.238. The Morgan fingerprint density at radius 3 is 2.53 bits per heavy atom. The molecule has 0 bridgehead atoms. The summed E-state index contributed by atoms with van der Waals surface area (Å²) in [5, 5.41) is 10.7. The first-order valence-electron chi connectivity index (χ1n) is 5.89. The maximum absolute atomic E-state index is 10.7. The van der Waals surface area contributed by atoms with Gasteiger partial charge >= 0.3 is 0 Å². The molecule has 0 amide bonds. The highest BCUT2D eigenvalue weighted by Gasteiger charge is 2.19. The molecule has 5 nitrogen and oxygen atoms in total. The van der Waals surface area contributed by atoms with E-state index in [1.807, 2.05) is 13.0 Å². The lowest BCUT2D eigenvalue weighted by Gasteiger charge is -2.32. The molecule has 0 saturated carbocycles. The minimum Gasteiger partial charge on any atom is -0.360 e. The van der Waals surface area contributed by atoms with Crippen LogP contribution in [0.25, 0.3) is 0 Å². The molecule has 1 aliphatic heterocycles. The highest BCUT2D eigenvalue weighted by atomic mass is 16.6. The van der Waals surface area contributed by atoms with Gasteiger partial charge in [0.1, 0.15) is 0 Å². The van der Waals surface area contributed by atoms with Gasteiger partial charge in [0.2, 0.25) is 0 Å². The molecule has 1 aliphatic rings. The first-order valence-corrected chi connectivity index (χ1v) is 5.89. The molecule has 2 rings (SSSR count). The zero-order valence-electron chi connectivity index (χ0n) is 10.3. The number of benzene rings is 1. The zero-order valence-corrected chi connectivity index (χ0v) is 10.3. The smallest absolute Gasteiger partial charge is 0.269 e. The first kappa shape index (κ1) is 11.9. The van der Waals surface area contributed by atoms with Crippen molar-refractivity contribution in [1.82, 2.24) is 0 Å². The SMILES string of the molecule is Cc1cc([N+](=O)[O-])ccc1N1CC[NH+](C)CC1. The van der Waals surface area contributed by atoms with Crippen molar-refractivity contribution < 1.29 is 9.82 Å². The third-order valence-electron chi connectivity index (χ3n) is 3.35. The van der Waals surface area contributed by atoms with E-state index in [9.17, 15) is 10.1 Å². The molecule has 1 saturated heterocycles. The largest absolute Gasteiger partial charge is 0.360 e. The number of nitro groups is 1. The van der Waals surface area contributed by atoms with Gasteiger partial charge in [-0.2, -0.15) is 0 Å². The van der Waals surface area contributed by atoms with Crippen LogP contribution in [0.4, 0.5) is 11.4 Å². The number of hydrogen-bond acceptors (Lipinski definition) is 3. The summed E-state index contributed by atoms with van der Waals surface area (Å²) >= 11 is 0. The second-order valence-electron chi connectivity index (χ2n) is 4.67. The lowest BCUT2D eigenvalue weighted by Crippen LogP contribution is -3.12. The van der Waals surface area contributed by atoms with Gasteiger partial charge in [-0.25, -0.2) is 0 Å². The summed E-state index contributed by atoms with van der Waals surface area (Å²) in [5.74, 6) is 0. The van der Waals surface area contributed by atoms with E-state index in [0.29, 0.717) is 0 Å². The Balaban J connectivity index is 2.19. The molecule has 1 heterocycles. The van der Waals surface area contributed by atoms with Crippen molar-refractivity contribution in [1.29, 1.82) is 0 Å². The molecule has 1 aromatic rings. The summed E-state index contributed by atoms with van der Waals surface area (Å²) in [5.41, 5.74) is 2.29. The Bertz CT molecular complexity index is 426. The number of anilines is 1. The number of nitrogens with zero attached hydrogens (tertiary/aromatic N) is 2. The summed E-state index contributed by atoms with van der Waals surface area (Å²) in [6, 6.07) is 5.11. The highest BCUT2D eigenvalue weighted by Crippen LogP contribution is 2.24. The van der Waals surface area contributed by atoms with Gasteiger partial charge in [0, 0.05) is 17.8 Å². The highest BCUT2D eigenvalue weighted by molar-refractivity contribution is 5.57. The Labute approximate surface area is 101 Å². The molecule has 0 spiro atoms. The molecule has 17 heavy (non-hydrogen) atoms. The Hall–Kier alpha value is -1.62. The third-order valence-corrected chi connectivity index (χ3v) is 3.35. The maximum Gasteiger partial charge on any atom is 0.269 e. The maximum atomic E-state index is 10.7. The van der Waals surface area contributed by atoms with E-state index >= 15 is 0 Å². The van der Waals surface area contributed by atoms with Crippen LogP contribution in [-0.4, -0.2) is 38.2 Å². The Morgan fingerprint density at radius 1 is 1.35 bits per heavy atom. The fraction of sp³-hybridized carbons (Fsp3) is 0.500. The van der Waals surface area contributed by atoms with Crippen LogP contribution in [0.2, 0.25) is 0 Å². The van der Waals surface area contributed by atoms with Crippen LogP contribution < -0.4 is 9.80 Å². The van der Waals surface area contributed by atoms with Crippen molar-refractivity contribution in [3.8, 4) is 0 Å². The van der Waals surface area contributed by atoms with E-state index in [0.717, 1.165) is 37.4 Å². The van der Waals surface area contributed by atoms with Crippen LogP contribution in [0.5, 0.6) is 0 Å². The fourth-order valence-corrected chi connectivity index (χ4v) is 2.24. The average Bonchev–Trinajstić information content (AvgIpc) is 2.30. The molecular weight excluding hydrogens is 218 g/mol. The monoisotopic (exact) mass is 236 g/mol. The molecule has 0 unspecified atom stereocenters. The van der Waals surface area contributed by atoms with Gasteiger partial charge in [-0.3, -0.25) is 10.1 Å². The second kappa shape index (κ2) is 4.71. The normalized spacial score (nSPS) is 17.2. The zero-order chi connectivity index (χ0) is 12.4. The van der Waals surface area contributed by atoms with Gasteiger partial charge in [-0.05, 0) is 18.6 Å². The molecule has 92 valence electrons. The topological polar surface area (TPSA) is 50.8 Å². The number of piperazine rings is 1. The van der Waals surface area contributed by atoms with Crippen molar-refractivity contribution in [2.24, 2.45) is 0 Å². The van der Waals surface area contributed by atoms with Gasteiger partial charge in [0.25, 0.3) is 5.69 Å². The average molecular weight is 236 g/mol. The van der Waals surface area contributed by atoms with E-state index in [4.69, 9.17) is 0 Å². The number of aryl methyl sites for hydroxylation is 1. The summed E-state index contributed by atoms with van der Waals surface area (Å²) in [4.78, 5) is 14.2. The van der Waals surface area contributed by atoms with Crippen molar-refractivity contribution in [2.75, 3.05) is 38.1 Å². The number of likely N-dealkylation sites (N-methyl/N-ethyl adjacent to an activating group) is 1. The van der Waals surface area contributed by atoms with Gasteiger partial charge in [0.05, 0.1) is 38.2 Å². The minimum atomic E-state index is -0.342. The minimum absolute atomic E-state index is 0.172. The summed E-state index contributed by atoms with van der Waals surface area (Å²) in [7, 11) is 2.19. The van der Waals surface area contributed by atoms with Crippen LogP contribution in [-0.2, 0) is 0 Å². The van der Waals surface area contributed by atoms with Gasteiger partial charge < -0.3 is 9.80 Å².